The van der Waals surface area contributed by atoms with Crippen molar-refractivity contribution in [2.24, 2.45) is 5.92 Å². The van der Waals surface area contributed by atoms with Crippen molar-refractivity contribution in [3.8, 4) is 0 Å². The number of nitrogens with one attached hydrogen (secondary N) is 2. The van der Waals surface area contributed by atoms with E-state index in [1.165, 1.54) is 0 Å². The Morgan fingerprint density at radius 1 is 1.38 bits per heavy atom. The SMILES string of the molecule is CC1CCC/C1=C(/SCl)C(=O)NCC(=O)NCC(F)(F)F. The normalized spacial score (nSPS) is 21.1. The molecule has 1 aliphatic carbocycles. The molecule has 9 heteroatoms. The van der Waals surface area contributed by atoms with E-state index in [-0.39, 0.29) is 5.92 Å². The van der Waals surface area contributed by atoms with Crippen LogP contribution in [0.4, 0.5) is 13.2 Å². The molecule has 1 saturated carbocycles. The molecule has 0 saturated heterocycles. The highest BCUT2D eigenvalue weighted by atomic mass is 35.7. The van der Waals surface area contributed by atoms with Crippen LogP contribution < -0.4 is 10.6 Å². The lowest BCUT2D eigenvalue weighted by atomic mass is 10.0. The van der Waals surface area contributed by atoms with Crippen LogP contribution in [-0.4, -0.2) is 31.1 Å². The highest BCUT2D eigenvalue weighted by molar-refractivity contribution is 8.24. The fraction of sp³-hybridized carbons (Fsp3) is 0.667. The molecule has 0 radical (unpaired) electrons. The van der Waals surface area contributed by atoms with Crippen molar-refractivity contribution in [1.29, 1.82) is 0 Å². The van der Waals surface area contributed by atoms with Gasteiger partial charge in [0.05, 0.1) is 11.4 Å². The van der Waals surface area contributed by atoms with E-state index in [2.05, 4.69) is 5.32 Å². The van der Waals surface area contributed by atoms with Gasteiger partial charge in [-0.05, 0) is 52.4 Å². The van der Waals surface area contributed by atoms with Crippen LogP contribution >= 0.6 is 21.7 Å². The molecule has 0 heterocycles. The minimum atomic E-state index is -4.47. The standard InChI is InChI=1S/C12H16ClF3N2O2S/c1-7-3-2-4-8(7)10(21-13)11(20)17-5-9(19)18-6-12(14,15)16/h7H,2-6H2,1H3,(H,17,20)(H,18,19)/b10-8-. The Bertz CT molecular complexity index is 441. The highest BCUT2D eigenvalue weighted by Gasteiger charge is 2.28. The van der Waals surface area contributed by atoms with Gasteiger partial charge in [0, 0.05) is 0 Å². The molecule has 21 heavy (non-hydrogen) atoms. The minimum Gasteiger partial charge on any atom is -0.345 e. The number of carbonyl (C=O) groups excluding carboxylic acids is 2. The zero-order valence-electron chi connectivity index (χ0n) is 11.3. The molecular weight excluding hydrogens is 329 g/mol. The van der Waals surface area contributed by atoms with Crippen LogP contribution in [0.25, 0.3) is 0 Å². The summed E-state index contributed by atoms with van der Waals surface area (Å²) in [6.07, 6.45) is -1.77. The van der Waals surface area contributed by atoms with Gasteiger partial charge in [0.1, 0.15) is 6.54 Å². The predicted octanol–water partition coefficient (Wildman–Crippen LogP) is 2.74. The van der Waals surface area contributed by atoms with Crippen LogP contribution in [-0.2, 0) is 9.59 Å². The van der Waals surface area contributed by atoms with E-state index in [9.17, 15) is 22.8 Å². The summed E-state index contributed by atoms with van der Waals surface area (Å²) in [5, 5.41) is 3.96. The third kappa shape index (κ3) is 6.17. The second kappa shape index (κ2) is 7.93. The first-order chi connectivity index (χ1) is 9.74. The molecule has 0 bridgehead atoms. The molecule has 1 unspecified atom stereocenters. The van der Waals surface area contributed by atoms with Gasteiger partial charge in [-0.15, -0.1) is 0 Å². The predicted molar refractivity (Wildman–Crippen MR) is 75.6 cm³/mol. The number of carbonyl (C=O) groups is 2. The van der Waals surface area contributed by atoms with Crippen molar-refractivity contribution >= 4 is 33.5 Å². The van der Waals surface area contributed by atoms with E-state index >= 15 is 0 Å². The Balaban J connectivity index is 2.51. The molecule has 0 spiro atoms. The van der Waals surface area contributed by atoms with Gasteiger partial charge in [-0.25, -0.2) is 0 Å². The maximum atomic E-state index is 11.9. The minimum absolute atomic E-state index is 0.246. The summed E-state index contributed by atoms with van der Waals surface area (Å²) >= 11 is 0. The van der Waals surface area contributed by atoms with E-state index < -0.39 is 31.1 Å². The van der Waals surface area contributed by atoms with Crippen molar-refractivity contribution in [1.82, 2.24) is 10.6 Å². The summed E-state index contributed by atoms with van der Waals surface area (Å²) in [4.78, 5) is 23.5. The molecule has 120 valence electrons. The Morgan fingerprint density at radius 3 is 2.52 bits per heavy atom. The van der Waals surface area contributed by atoms with E-state index in [0.717, 1.165) is 35.8 Å². The van der Waals surface area contributed by atoms with Crippen LogP contribution in [0.3, 0.4) is 0 Å². The summed E-state index contributed by atoms with van der Waals surface area (Å²) in [6.45, 7) is 0.0488. The molecule has 1 aliphatic rings. The average Bonchev–Trinajstić information content (AvgIpc) is 2.80. The van der Waals surface area contributed by atoms with Crippen LogP contribution in [0.15, 0.2) is 10.5 Å². The van der Waals surface area contributed by atoms with Crippen LogP contribution in [0, 0.1) is 5.92 Å². The molecule has 0 aromatic rings. The molecule has 2 amide bonds. The zero-order valence-corrected chi connectivity index (χ0v) is 12.9. The van der Waals surface area contributed by atoms with Crippen molar-refractivity contribution in [3.63, 3.8) is 0 Å². The van der Waals surface area contributed by atoms with Gasteiger partial charge < -0.3 is 10.6 Å². The quantitative estimate of drug-likeness (QED) is 0.754. The van der Waals surface area contributed by atoms with Crippen molar-refractivity contribution in [2.75, 3.05) is 13.1 Å². The maximum absolute atomic E-state index is 11.9. The van der Waals surface area contributed by atoms with Gasteiger partial charge in [-0.2, -0.15) is 13.2 Å². The monoisotopic (exact) mass is 344 g/mol. The first-order valence-corrected chi connectivity index (χ1v) is 8.02. The Morgan fingerprint density at radius 2 is 2.05 bits per heavy atom. The lowest BCUT2D eigenvalue weighted by Crippen LogP contribution is -2.41. The van der Waals surface area contributed by atoms with Crippen molar-refractivity contribution in [3.05, 3.63) is 10.5 Å². The molecule has 1 atom stereocenters. The second-order valence-electron chi connectivity index (χ2n) is 4.80. The van der Waals surface area contributed by atoms with Gasteiger partial charge in [0.25, 0.3) is 5.91 Å². The van der Waals surface area contributed by atoms with E-state index in [1.807, 2.05) is 6.92 Å². The summed E-state index contributed by atoms with van der Waals surface area (Å²) < 4.78 is 35.7. The maximum Gasteiger partial charge on any atom is 0.405 e. The molecule has 1 rings (SSSR count). The Labute approximate surface area is 129 Å². The van der Waals surface area contributed by atoms with Crippen LogP contribution in [0.2, 0.25) is 0 Å². The third-order valence-electron chi connectivity index (χ3n) is 3.15. The second-order valence-corrected chi connectivity index (χ2v) is 5.82. The number of hydrogen-bond donors (Lipinski definition) is 2. The number of allylic oxidation sites excluding steroid dienone is 1. The van der Waals surface area contributed by atoms with Gasteiger partial charge in [-0.1, -0.05) is 6.92 Å². The number of hydrogen-bond acceptors (Lipinski definition) is 3. The molecule has 2 N–H and O–H groups in total. The van der Waals surface area contributed by atoms with E-state index in [1.54, 1.807) is 5.32 Å². The molecule has 0 aromatic carbocycles. The van der Waals surface area contributed by atoms with Crippen molar-refractivity contribution in [2.45, 2.75) is 32.4 Å². The lowest BCUT2D eigenvalue weighted by Gasteiger charge is -2.12. The Kier molecular flexibility index (Phi) is 6.86. The first kappa shape index (κ1) is 18.2. The number of alkyl halides is 3. The molecule has 0 aromatic heterocycles. The summed E-state index contributed by atoms with van der Waals surface area (Å²) in [7, 11) is 6.47. The fourth-order valence-electron chi connectivity index (χ4n) is 2.09. The largest absolute Gasteiger partial charge is 0.405 e. The molecule has 1 fully saturated rings. The number of halogens is 4. The van der Waals surface area contributed by atoms with Crippen LogP contribution in [0.5, 0.6) is 0 Å². The van der Waals surface area contributed by atoms with Gasteiger partial charge >= 0.3 is 6.18 Å². The molecular formula is C12H16ClF3N2O2S. The van der Waals surface area contributed by atoms with E-state index in [4.69, 9.17) is 10.7 Å². The summed E-state index contributed by atoms with van der Waals surface area (Å²) in [5.74, 6) is -1.18. The topological polar surface area (TPSA) is 58.2 Å². The lowest BCUT2D eigenvalue weighted by molar-refractivity contribution is -0.138. The summed E-state index contributed by atoms with van der Waals surface area (Å²) in [6, 6.07) is 0. The number of rotatable bonds is 5. The molecule has 0 aliphatic heterocycles. The van der Waals surface area contributed by atoms with Gasteiger partial charge in [-0.3, -0.25) is 9.59 Å². The highest BCUT2D eigenvalue weighted by Crippen LogP contribution is 2.37. The fourth-order valence-corrected chi connectivity index (χ4v) is 3.14. The number of amides is 2. The van der Waals surface area contributed by atoms with Crippen molar-refractivity contribution < 1.29 is 22.8 Å². The molecule has 4 nitrogen and oxygen atoms in total. The third-order valence-corrected chi connectivity index (χ3v) is 4.21. The summed E-state index contributed by atoms with van der Waals surface area (Å²) in [5.41, 5.74) is 0.934. The van der Waals surface area contributed by atoms with E-state index in [0.29, 0.717) is 4.91 Å². The van der Waals surface area contributed by atoms with Crippen LogP contribution in [0.1, 0.15) is 26.2 Å². The first-order valence-electron chi connectivity index (χ1n) is 6.38. The smallest absolute Gasteiger partial charge is 0.345 e. The van der Waals surface area contributed by atoms with Gasteiger partial charge in [0.2, 0.25) is 5.91 Å². The zero-order chi connectivity index (χ0) is 16.0. The Hall–Kier alpha value is -0.890. The average molecular weight is 345 g/mol. The van der Waals surface area contributed by atoms with Gasteiger partial charge in [0.15, 0.2) is 0 Å².